The average Bonchev–Trinajstić information content (AvgIpc) is 3.12. The van der Waals surface area contributed by atoms with Crippen LogP contribution in [0.3, 0.4) is 0 Å². The van der Waals surface area contributed by atoms with E-state index in [1.165, 1.54) is 5.56 Å². The van der Waals surface area contributed by atoms with Gasteiger partial charge >= 0.3 is 6.16 Å². The van der Waals surface area contributed by atoms with E-state index >= 15 is 0 Å². The zero-order valence-corrected chi connectivity index (χ0v) is 23.6. The predicted molar refractivity (Wildman–Crippen MR) is 146 cm³/mol. The molecular weight excluding hydrogens is 454 g/mol. The maximum Gasteiger partial charge on any atom is 0.511 e. The molecular formula is C29H43N3O4. The summed E-state index contributed by atoms with van der Waals surface area (Å²) >= 11 is 0. The molecule has 0 saturated heterocycles. The smallest absolute Gasteiger partial charge is 0.452 e. The van der Waals surface area contributed by atoms with Gasteiger partial charge in [0.2, 0.25) is 6.29 Å². The van der Waals surface area contributed by atoms with Gasteiger partial charge in [-0.1, -0.05) is 65.3 Å². The average molecular weight is 498 g/mol. The van der Waals surface area contributed by atoms with E-state index < -0.39 is 12.4 Å². The number of hydrogen-bond acceptors (Lipinski definition) is 6. The first-order valence-electron chi connectivity index (χ1n) is 12.7. The summed E-state index contributed by atoms with van der Waals surface area (Å²) in [6.45, 7) is 19.3. The van der Waals surface area contributed by atoms with Crippen molar-refractivity contribution in [3.8, 4) is 0 Å². The van der Waals surface area contributed by atoms with Gasteiger partial charge in [-0.2, -0.15) is 5.10 Å². The molecule has 0 bridgehead atoms. The number of rotatable bonds is 10. The van der Waals surface area contributed by atoms with E-state index in [0.717, 1.165) is 34.5 Å². The predicted octanol–water partition coefficient (Wildman–Crippen LogP) is 6.95. The Morgan fingerprint density at radius 2 is 1.75 bits per heavy atom. The summed E-state index contributed by atoms with van der Waals surface area (Å²) in [5.41, 5.74) is 5.71. The molecule has 7 heteroatoms. The number of aryl methyl sites for hydroxylation is 2. The molecule has 0 aliphatic carbocycles. The Balaban J connectivity index is 2.56. The molecule has 0 amide bonds. The molecule has 198 valence electrons. The first-order chi connectivity index (χ1) is 16.9. The molecule has 2 atom stereocenters. The molecule has 0 aliphatic heterocycles. The van der Waals surface area contributed by atoms with Gasteiger partial charge in [0.1, 0.15) is 5.69 Å². The second-order valence-corrected chi connectivity index (χ2v) is 10.2. The van der Waals surface area contributed by atoms with Gasteiger partial charge in [-0.25, -0.2) is 4.79 Å². The van der Waals surface area contributed by atoms with Crippen molar-refractivity contribution in [3.63, 3.8) is 0 Å². The highest BCUT2D eigenvalue weighted by atomic mass is 16.8. The maximum absolute atomic E-state index is 12.3. The Kier molecular flexibility index (Phi) is 10.3. The summed E-state index contributed by atoms with van der Waals surface area (Å²) in [5, 5.41) is 4.68. The van der Waals surface area contributed by atoms with Crippen LogP contribution in [0.15, 0.2) is 29.3 Å². The van der Waals surface area contributed by atoms with Crippen LogP contribution >= 0.6 is 0 Å². The second kappa shape index (κ2) is 12.7. The van der Waals surface area contributed by atoms with Crippen molar-refractivity contribution >= 4 is 23.7 Å². The molecule has 2 rings (SSSR count). The summed E-state index contributed by atoms with van der Waals surface area (Å²) < 4.78 is 19.0. The number of nitrogens with zero attached hydrogens (tertiary/aromatic N) is 3. The highest BCUT2D eigenvalue weighted by Crippen LogP contribution is 2.32. The Bertz CT molecular complexity index is 1080. The number of carbonyl (C=O) groups is 1. The SMILES string of the molecule is CCC(C)COC(=O)OC(C)O/C(=C(/C=N\C)c1ccc(C(C)(C)C)cc1)c1c(C)c(C)nn1CC. The molecule has 7 nitrogen and oxygen atoms in total. The van der Waals surface area contributed by atoms with E-state index in [-0.39, 0.29) is 11.3 Å². The fraction of sp³-hybridized carbons (Fsp3) is 0.552. The summed E-state index contributed by atoms with van der Waals surface area (Å²) in [4.78, 5) is 16.6. The van der Waals surface area contributed by atoms with Crippen LogP contribution in [0.1, 0.15) is 83.0 Å². The van der Waals surface area contributed by atoms with E-state index in [0.29, 0.717) is 18.9 Å². The zero-order chi connectivity index (χ0) is 27.0. The maximum atomic E-state index is 12.3. The van der Waals surface area contributed by atoms with Crippen molar-refractivity contribution in [3.05, 3.63) is 52.3 Å². The topological polar surface area (TPSA) is 74.9 Å². The highest BCUT2D eigenvalue weighted by Gasteiger charge is 2.25. The summed E-state index contributed by atoms with van der Waals surface area (Å²) in [7, 11) is 1.72. The largest absolute Gasteiger partial charge is 0.511 e. The van der Waals surface area contributed by atoms with E-state index in [9.17, 15) is 4.79 Å². The minimum Gasteiger partial charge on any atom is -0.452 e. The van der Waals surface area contributed by atoms with Crippen LogP contribution < -0.4 is 0 Å². The van der Waals surface area contributed by atoms with E-state index in [1.807, 2.05) is 39.3 Å². The number of aromatic nitrogens is 2. The lowest BCUT2D eigenvalue weighted by molar-refractivity contribution is -0.0694. The van der Waals surface area contributed by atoms with Crippen LogP contribution in [0.5, 0.6) is 0 Å². The number of carbonyl (C=O) groups excluding carboxylic acids is 1. The Hall–Kier alpha value is -3.09. The molecule has 0 saturated carbocycles. The molecule has 0 N–H and O–H groups in total. The van der Waals surface area contributed by atoms with Crippen LogP contribution in [0.2, 0.25) is 0 Å². The minimum atomic E-state index is -0.890. The molecule has 0 aliphatic rings. The van der Waals surface area contributed by atoms with Gasteiger partial charge in [0.15, 0.2) is 5.76 Å². The molecule has 0 radical (unpaired) electrons. The quantitative estimate of drug-likeness (QED) is 0.154. The van der Waals surface area contributed by atoms with E-state index in [4.69, 9.17) is 14.2 Å². The van der Waals surface area contributed by atoms with Gasteiger partial charge < -0.3 is 14.2 Å². The number of aliphatic imine (C=N–C) groups is 1. The van der Waals surface area contributed by atoms with Crippen LogP contribution in [0.4, 0.5) is 4.79 Å². The van der Waals surface area contributed by atoms with Crippen LogP contribution in [0.25, 0.3) is 11.3 Å². The molecule has 2 aromatic rings. The normalized spacial score (nSPS) is 14.4. The molecule has 1 aromatic carbocycles. The molecule has 0 spiro atoms. The molecule has 0 fully saturated rings. The Morgan fingerprint density at radius 1 is 1.11 bits per heavy atom. The molecule has 1 heterocycles. The number of hydrogen-bond donors (Lipinski definition) is 0. The van der Waals surface area contributed by atoms with Gasteiger partial charge in [0, 0.05) is 37.9 Å². The molecule has 2 unspecified atom stereocenters. The zero-order valence-electron chi connectivity index (χ0n) is 23.6. The lowest BCUT2D eigenvalue weighted by Gasteiger charge is -2.22. The summed E-state index contributed by atoms with van der Waals surface area (Å²) in [5.74, 6) is 0.809. The van der Waals surface area contributed by atoms with Gasteiger partial charge in [-0.15, -0.1) is 0 Å². The fourth-order valence-corrected chi connectivity index (χ4v) is 3.67. The molecule has 1 aromatic heterocycles. The van der Waals surface area contributed by atoms with Crippen LogP contribution in [-0.2, 0) is 26.2 Å². The van der Waals surface area contributed by atoms with Crippen LogP contribution in [0, 0.1) is 19.8 Å². The number of benzene rings is 1. The van der Waals surface area contributed by atoms with E-state index in [2.05, 4.69) is 55.1 Å². The number of ether oxygens (including phenoxy) is 3. The second-order valence-electron chi connectivity index (χ2n) is 10.2. The Labute approximate surface area is 216 Å². The minimum absolute atomic E-state index is 0.0348. The van der Waals surface area contributed by atoms with Gasteiger partial charge in [-0.05, 0) is 43.2 Å². The van der Waals surface area contributed by atoms with Crippen molar-refractivity contribution < 1.29 is 19.0 Å². The van der Waals surface area contributed by atoms with Gasteiger partial charge in [0.25, 0.3) is 0 Å². The van der Waals surface area contributed by atoms with Crippen molar-refractivity contribution in [1.82, 2.24) is 9.78 Å². The third-order valence-corrected chi connectivity index (χ3v) is 6.23. The Morgan fingerprint density at radius 3 is 2.28 bits per heavy atom. The van der Waals surface area contributed by atoms with Crippen molar-refractivity contribution in [2.75, 3.05) is 13.7 Å². The lowest BCUT2D eigenvalue weighted by atomic mass is 9.86. The lowest BCUT2D eigenvalue weighted by Crippen LogP contribution is -2.21. The van der Waals surface area contributed by atoms with Gasteiger partial charge in [-0.3, -0.25) is 9.67 Å². The first-order valence-corrected chi connectivity index (χ1v) is 12.7. The van der Waals surface area contributed by atoms with Crippen molar-refractivity contribution in [1.29, 1.82) is 0 Å². The van der Waals surface area contributed by atoms with E-state index in [1.54, 1.807) is 20.2 Å². The summed E-state index contributed by atoms with van der Waals surface area (Å²) in [6, 6.07) is 8.39. The van der Waals surface area contributed by atoms with Crippen molar-refractivity contribution in [2.45, 2.75) is 87.0 Å². The standard InChI is InChI=1S/C29H43N3O4/c1-11-19(3)18-34-28(33)36-22(6)35-27(26-20(4)21(5)31-32(26)12-2)25(17-30-10)23-13-15-24(16-14-23)29(7,8)9/h13-17,19,22H,11-12,18H2,1-10H3/b27-25-,30-17-. The van der Waals surface area contributed by atoms with Gasteiger partial charge in [0.05, 0.1) is 12.3 Å². The third kappa shape index (κ3) is 7.45. The fourth-order valence-electron chi connectivity index (χ4n) is 3.67. The monoisotopic (exact) mass is 497 g/mol. The highest BCUT2D eigenvalue weighted by molar-refractivity contribution is 6.18. The number of allylic oxidation sites excluding steroid dienone is 1. The van der Waals surface area contributed by atoms with Crippen LogP contribution in [-0.4, -0.2) is 42.1 Å². The van der Waals surface area contributed by atoms with Crippen molar-refractivity contribution in [2.24, 2.45) is 10.9 Å². The first kappa shape index (κ1) is 29.1. The third-order valence-electron chi connectivity index (χ3n) is 6.23. The molecule has 36 heavy (non-hydrogen) atoms. The summed E-state index contributed by atoms with van der Waals surface area (Å²) in [6.07, 6.45) is 1.05.